The van der Waals surface area contributed by atoms with Gasteiger partial charge in [0.05, 0.1) is 19.0 Å². The Kier molecular flexibility index (Phi) is 3.66. The standard InChI is InChI=1S/C11H8ClF2N3O2/c1-18-11-16-4-5(12)10(17-11)19-9-3-6(13)8(15)2-7(9)14/h2-4H,15H2,1H3. The lowest BCUT2D eigenvalue weighted by Gasteiger charge is -2.09. The quantitative estimate of drug-likeness (QED) is 0.879. The van der Waals surface area contributed by atoms with Crippen LogP contribution in [0.4, 0.5) is 14.5 Å². The highest BCUT2D eigenvalue weighted by molar-refractivity contribution is 6.31. The largest absolute Gasteiger partial charge is 0.467 e. The van der Waals surface area contributed by atoms with Crippen molar-refractivity contribution >= 4 is 17.3 Å². The van der Waals surface area contributed by atoms with E-state index in [1.807, 2.05) is 0 Å². The first-order valence-electron chi connectivity index (χ1n) is 5.00. The van der Waals surface area contributed by atoms with Crippen LogP contribution in [0.15, 0.2) is 18.3 Å². The monoisotopic (exact) mass is 287 g/mol. The molecule has 0 atom stereocenters. The molecule has 8 heteroatoms. The number of benzene rings is 1. The number of rotatable bonds is 3. The summed E-state index contributed by atoms with van der Waals surface area (Å²) >= 11 is 5.78. The number of anilines is 1. The molecule has 0 fully saturated rings. The van der Waals surface area contributed by atoms with Gasteiger partial charge in [-0.25, -0.2) is 13.8 Å². The van der Waals surface area contributed by atoms with Crippen LogP contribution in [-0.4, -0.2) is 17.1 Å². The van der Waals surface area contributed by atoms with Gasteiger partial charge in [-0.1, -0.05) is 11.6 Å². The Bertz CT molecular complexity index is 625. The predicted molar refractivity (Wildman–Crippen MR) is 64.4 cm³/mol. The molecule has 2 aromatic rings. The fourth-order valence-electron chi connectivity index (χ4n) is 1.23. The summed E-state index contributed by atoms with van der Waals surface area (Å²) < 4.78 is 36.6. The predicted octanol–water partition coefficient (Wildman–Crippen LogP) is 2.79. The Hall–Kier alpha value is -2.15. The minimum absolute atomic E-state index is 0.0178. The van der Waals surface area contributed by atoms with Crippen LogP contribution in [0.1, 0.15) is 0 Å². The Balaban J connectivity index is 2.38. The van der Waals surface area contributed by atoms with E-state index in [0.717, 1.165) is 12.1 Å². The van der Waals surface area contributed by atoms with E-state index < -0.39 is 17.4 Å². The van der Waals surface area contributed by atoms with Gasteiger partial charge in [-0.3, -0.25) is 0 Å². The molecule has 0 amide bonds. The number of hydrogen-bond donors (Lipinski definition) is 1. The molecule has 2 N–H and O–H groups in total. The molecule has 2 rings (SSSR count). The molecule has 19 heavy (non-hydrogen) atoms. The van der Waals surface area contributed by atoms with Crippen LogP contribution in [-0.2, 0) is 0 Å². The summed E-state index contributed by atoms with van der Waals surface area (Å²) in [6.45, 7) is 0. The Morgan fingerprint density at radius 2 is 2.00 bits per heavy atom. The molecular formula is C11H8ClF2N3O2. The summed E-state index contributed by atoms with van der Waals surface area (Å²) in [5.41, 5.74) is 4.89. The van der Waals surface area contributed by atoms with Crippen LogP contribution in [0.5, 0.6) is 17.6 Å². The van der Waals surface area contributed by atoms with Gasteiger partial charge in [0, 0.05) is 12.1 Å². The highest BCUT2D eigenvalue weighted by atomic mass is 35.5. The van der Waals surface area contributed by atoms with E-state index in [1.54, 1.807) is 0 Å². The molecule has 0 radical (unpaired) electrons. The average molecular weight is 288 g/mol. The molecule has 0 aliphatic carbocycles. The SMILES string of the molecule is COc1ncc(Cl)c(Oc2cc(F)c(N)cc2F)n1. The Labute approximate surface area is 111 Å². The fourth-order valence-corrected chi connectivity index (χ4v) is 1.36. The molecule has 0 bridgehead atoms. The summed E-state index contributed by atoms with van der Waals surface area (Å²) in [6.07, 6.45) is 1.22. The molecule has 1 aromatic heterocycles. The highest BCUT2D eigenvalue weighted by Gasteiger charge is 2.14. The minimum atomic E-state index is -0.840. The van der Waals surface area contributed by atoms with Crippen molar-refractivity contribution in [1.82, 2.24) is 9.97 Å². The van der Waals surface area contributed by atoms with Crippen LogP contribution in [0, 0.1) is 11.6 Å². The normalized spacial score (nSPS) is 10.3. The van der Waals surface area contributed by atoms with Gasteiger partial charge < -0.3 is 15.2 Å². The van der Waals surface area contributed by atoms with Gasteiger partial charge in [-0.2, -0.15) is 4.98 Å². The molecule has 0 aliphatic heterocycles. The second kappa shape index (κ2) is 5.23. The maximum atomic E-state index is 13.5. The number of methoxy groups -OCH3 is 1. The first kappa shape index (κ1) is 13.3. The number of halogens is 3. The lowest BCUT2D eigenvalue weighted by molar-refractivity contribution is 0.362. The van der Waals surface area contributed by atoms with Gasteiger partial charge >= 0.3 is 6.01 Å². The zero-order valence-electron chi connectivity index (χ0n) is 9.65. The molecule has 1 aromatic carbocycles. The van der Waals surface area contributed by atoms with Crippen LogP contribution in [0.2, 0.25) is 5.02 Å². The summed E-state index contributed by atoms with van der Waals surface area (Å²) in [5.74, 6) is -2.20. The zero-order valence-corrected chi connectivity index (χ0v) is 10.4. The Morgan fingerprint density at radius 3 is 2.68 bits per heavy atom. The van der Waals surface area contributed by atoms with Crippen molar-refractivity contribution in [3.63, 3.8) is 0 Å². The lowest BCUT2D eigenvalue weighted by atomic mass is 10.3. The van der Waals surface area contributed by atoms with Crippen molar-refractivity contribution in [2.45, 2.75) is 0 Å². The summed E-state index contributed by atoms with van der Waals surface area (Å²) in [6, 6.07) is 1.59. The van der Waals surface area contributed by atoms with Crippen molar-refractivity contribution in [2.24, 2.45) is 0 Å². The summed E-state index contributed by atoms with van der Waals surface area (Å²) in [5, 5.41) is 0.0254. The van der Waals surface area contributed by atoms with Crippen LogP contribution in [0.3, 0.4) is 0 Å². The first-order valence-corrected chi connectivity index (χ1v) is 5.38. The van der Waals surface area contributed by atoms with E-state index in [-0.39, 0.29) is 22.6 Å². The summed E-state index contributed by atoms with van der Waals surface area (Å²) in [7, 11) is 1.34. The average Bonchev–Trinajstić information content (AvgIpc) is 2.38. The van der Waals surface area contributed by atoms with E-state index in [0.29, 0.717) is 0 Å². The van der Waals surface area contributed by atoms with Crippen molar-refractivity contribution in [2.75, 3.05) is 12.8 Å². The van der Waals surface area contributed by atoms with Crippen molar-refractivity contribution in [1.29, 1.82) is 0 Å². The topological polar surface area (TPSA) is 70.3 Å². The molecule has 100 valence electrons. The number of aromatic nitrogens is 2. The molecule has 1 heterocycles. The smallest absolute Gasteiger partial charge is 0.319 e. The highest BCUT2D eigenvalue weighted by Crippen LogP contribution is 2.31. The van der Waals surface area contributed by atoms with Gasteiger partial charge in [0.2, 0.25) is 5.88 Å². The van der Waals surface area contributed by atoms with Gasteiger partial charge in [0.1, 0.15) is 10.8 Å². The first-order chi connectivity index (χ1) is 9.01. The third-order valence-electron chi connectivity index (χ3n) is 2.13. The molecule has 0 unspecified atom stereocenters. The zero-order chi connectivity index (χ0) is 14.0. The van der Waals surface area contributed by atoms with Gasteiger partial charge in [0.15, 0.2) is 11.6 Å². The minimum Gasteiger partial charge on any atom is -0.467 e. The number of hydrogen-bond acceptors (Lipinski definition) is 5. The molecule has 0 spiro atoms. The van der Waals surface area contributed by atoms with E-state index in [4.69, 9.17) is 26.8 Å². The number of nitrogens with zero attached hydrogens (tertiary/aromatic N) is 2. The number of nitrogen functional groups attached to an aromatic ring is 1. The van der Waals surface area contributed by atoms with Crippen molar-refractivity contribution in [3.05, 3.63) is 35.0 Å². The molecule has 0 saturated carbocycles. The van der Waals surface area contributed by atoms with Gasteiger partial charge in [-0.15, -0.1) is 0 Å². The maximum Gasteiger partial charge on any atom is 0.319 e. The van der Waals surface area contributed by atoms with Crippen LogP contribution < -0.4 is 15.2 Å². The van der Waals surface area contributed by atoms with E-state index in [1.165, 1.54) is 13.3 Å². The Morgan fingerprint density at radius 1 is 1.26 bits per heavy atom. The molecule has 0 aliphatic rings. The second-order valence-corrected chi connectivity index (χ2v) is 3.82. The third kappa shape index (κ3) is 2.82. The number of nitrogens with two attached hydrogens (primary N) is 1. The van der Waals surface area contributed by atoms with Crippen LogP contribution >= 0.6 is 11.6 Å². The number of ether oxygens (including phenoxy) is 2. The summed E-state index contributed by atoms with van der Waals surface area (Å²) in [4.78, 5) is 7.49. The third-order valence-corrected chi connectivity index (χ3v) is 2.39. The molecule has 5 nitrogen and oxygen atoms in total. The van der Waals surface area contributed by atoms with Gasteiger partial charge in [-0.05, 0) is 0 Å². The van der Waals surface area contributed by atoms with Crippen molar-refractivity contribution in [3.8, 4) is 17.6 Å². The maximum absolute atomic E-state index is 13.5. The van der Waals surface area contributed by atoms with E-state index >= 15 is 0 Å². The molecule has 0 saturated heterocycles. The van der Waals surface area contributed by atoms with E-state index in [9.17, 15) is 8.78 Å². The van der Waals surface area contributed by atoms with Crippen LogP contribution in [0.25, 0.3) is 0 Å². The lowest BCUT2D eigenvalue weighted by Crippen LogP contribution is -1.99. The fraction of sp³-hybridized carbons (Fsp3) is 0.0909. The second-order valence-electron chi connectivity index (χ2n) is 3.42. The van der Waals surface area contributed by atoms with E-state index in [2.05, 4.69) is 9.97 Å². The van der Waals surface area contributed by atoms with Crippen molar-refractivity contribution < 1.29 is 18.3 Å². The molecular weight excluding hydrogens is 280 g/mol. The van der Waals surface area contributed by atoms with Gasteiger partial charge in [0.25, 0.3) is 0 Å².